The van der Waals surface area contributed by atoms with E-state index in [4.69, 9.17) is 0 Å². The molecule has 0 bridgehead atoms. The normalized spacial score (nSPS) is 17.9. The van der Waals surface area contributed by atoms with Gasteiger partial charge in [0.25, 0.3) is 0 Å². The van der Waals surface area contributed by atoms with Crippen molar-refractivity contribution in [3.63, 3.8) is 0 Å². The fourth-order valence-electron chi connectivity index (χ4n) is 4.44. The zero-order valence-corrected chi connectivity index (χ0v) is 23.2. The molecule has 0 spiro atoms. The van der Waals surface area contributed by atoms with Crippen molar-refractivity contribution in [2.24, 2.45) is 0 Å². The monoisotopic (exact) mass is 560 g/mol. The molecule has 1 fully saturated rings. The number of hydrogen-bond donors (Lipinski definition) is 2. The Hall–Kier alpha value is -2.90. The van der Waals surface area contributed by atoms with Crippen molar-refractivity contribution in [2.75, 3.05) is 32.8 Å². The standard InChI is InChI=1S/C26H32N4O6S2/c1-26(2,3)20-9-11-21(12-10-20)37(33,34)29-15-16-30(22(18-29)25(32)28-14-17-31)38(35,36)23-8-4-6-19-7-5-13-27-24(19)23/h4-13,22,31H,14-18H2,1-3H3,(H,28,32)/t22-/m0/s1. The van der Waals surface area contributed by atoms with E-state index in [0.717, 1.165) is 14.2 Å². The van der Waals surface area contributed by atoms with Crippen molar-refractivity contribution in [1.82, 2.24) is 18.9 Å². The molecule has 1 aromatic heterocycles. The number of aromatic nitrogens is 1. The van der Waals surface area contributed by atoms with Crippen molar-refractivity contribution in [1.29, 1.82) is 0 Å². The third-order valence-electron chi connectivity index (χ3n) is 6.55. The van der Waals surface area contributed by atoms with E-state index in [1.54, 1.807) is 36.4 Å². The SMILES string of the molecule is CC(C)(C)c1ccc(S(=O)(=O)N2CCN(S(=O)(=O)c3cccc4cccnc34)[C@H](C(=O)NCCO)C2)cc1. The van der Waals surface area contributed by atoms with Gasteiger partial charge in [-0.1, -0.05) is 51.1 Å². The number of hydrogen-bond acceptors (Lipinski definition) is 7. The maximum atomic E-state index is 13.8. The Labute approximate surface area is 223 Å². The summed E-state index contributed by atoms with van der Waals surface area (Å²) in [4.78, 5) is 17.3. The van der Waals surface area contributed by atoms with E-state index in [1.165, 1.54) is 24.4 Å². The summed E-state index contributed by atoms with van der Waals surface area (Å²) in [5.41, 5.74) is 1.07. The highest BCUT2D eigenvalue weighted by molar-refractivity contribution is 7.89. The first-order valence-corrected chi connectivity index (χ1v) is 15.1. The van der Waals surface area contributed by atoms with E-state index in [9.17, 15) is 26.7 Å². The molecule has 2 N–H and O–H groups in total. The van der Waals surface area contributed by atoms with Gasteiger partial charge < -0.3 is 10.4 Å². The average Bonchev–Trinajstić information content (AvgIpc) is 2.90. The second kappa shape index (κ2) is 10.7. The van der Waals surface area contributed by atoms with Crippen LogP contribution in [0.3, 0.4) is 0 Å². The summed E-state index contributed by atoms with van der Waals surface area (Å²) < 4.78 is 56.8. The average molecular weight is 561 g/mol. The summed E-state index contributed by atoms with van der Waals surface area (Å²) in [5, 5.41) is 12.3. The quantitative estimate of drug-likeness (QED) is 0.449. The van der Waals surface area contributed by atoms with Crippen molar-refractivity contribution >= 4 is 36.9 Å². The first kappa shape index (κ1) is 28.1. The van der Waals surface area contributed by atoms with Crippen LogP contribution >= 0.6 is 0 Å². The molecule has 3 aromatic rings. The Bertz CT molecular complexity index is 1530. The number of fused-ring (bicyclic) bond motifs is 1. The van der Waals surface area contributed by atoms with E-state index < -0.39 is 32.0 Å². The number of aliphatic hydroxyl groups is 1. The molecular formula is C26H32N4O6S2. The number of benzene rings is 2. The zero-order valence-electron chi connectivity index (χ0n) is 21.5. The summed E-state index contributed by atoms with van der Waals surface area (Å²) in [6.07, 6.45) is 1.49. The van der Waals surface area contributed by atoms with Gasteiger partial charge in [0.05, 0.1) is 17.0 Å². The van der Waals surface area contributed by atoms with Gasteiger partial charge in [0, 0.05) is 37.8 Å². The van der Waals surface area contributed by atoms with Crippen LogP contribution in [-0.2, 0) is 30.3 Å². The molecule has 10 nitrogen and oxygen atoms in total. The minimum absolute atomic E-state index is 0.0644. The summed E-state index contributed by atoms with van der Waals surface area (Å²) in [5.74, 6) is -0.696. The van der Waals surface area contributed by atoms with Crippen LogP contribution in [0, 0.1) is 0 Å². The molecule has 0 radical (unpaired) electrons. The topological polar surface area (TPSA) is 137 Å². The van der Waals surface area contributed by atoms with Crippen LogP contribution in [0.15, 0.2) is 70.6 Å². The number of amides is 1. The number of nitrogens with zero attached hydrogens (tertiary/aromatic N) is 3. The minimum Gasteiger partial charge on any atom is -0.395 e. The smallest absolute Gasteiger partial charge is 0.246 e. The fourth-order valence-corrected chi connectivity index (χ4v) is 7.62. The maximum Gasteiger partial charge on any atom is 0.246 e. The Morgan fingerprint density at radius 2 is 1.68 bits per heavy atom. The molecule has 0 saturated carbocycles. The van der Waals surface area contributed by atoms with Gasteiger partial charge >= 0.3 is 0 Å². The lowest BCUT2D eigenvalue weighted by molar-refractivity contribution is -0.126. The molecule has 12 heteroatoms. The number of pyridine rings is 1. The van der Waals surface area contributed by atoms with Crippen LogP contribution in [0.2, 0.25) is 0 Å². The van der Waals surface area contributed by atoms with Crippen LogP contribution in [0.5, 0.6) is 0 Å². The maximum absolute atomic E-state index is 13.8. The van der Waals surface area contributed by atoms with Crippen LogP contribution in [0.1, 0.15) is 26.3 Å². The van der Waals surface area contributed by atoms with Gasteiger partial charge in [-0.05, 0) is 35.2 Å². The largest absolute Gasteiger partial charge is 0.395 e. The van der Waals surface area contributed by atoms with Crippen LogP contribution < -0.4 is 5.32 Å². The van der Waals surface area contributed by atoms with Crippen LogP contribution in [0.25, 0.3) is 10.9 Å². The summed E-state index contributed by atoms with van der Waals surface area (Å²) >= 11 is 0. The van der Waals surface area contributed by atoms with E-state index >= 15 is 0 Å². The van der Waals surface area contributed by atoms with E-state index in [0.29, 0.717) is 5.39 Å². The molecule has 0 unspecified atom stereocenters. The first-order chi connectivity index (χ1) is 17.9. The summed E-state index contributed by atoms with van der Waals surface area (Å²) in [6.45, 7) is 4.89. The Balaban J connectivity index is 1.69. The van der Waals surface area contributed by atoms with E-state index in [1.807, 2.05) is 20.8 Å². The fraction of sp³-hybridized carbons (Fsp3) is 0.385. The highest BCUT2D eigenvalue weighted by Crippen LogP contribution is 2.30. The molecule has 1 saturated heterocycles. The van der Waals surface area contributed by atoms with E-state index in [-0.39, 0.29) is 53.5 Å². The predicted octanol–water partition coefficient (Wildman–Crippen LogP) is 1.70. The Kier molecular flexibility index (Phi) is 7.91. The summed E-state index contributed by atoms with van der Waals surface area (Å²) in [7, 11) is -8.25. The number of nitrogens with one attached hydrogen (secondary N) is 1. The van der Waals surface area contributed by atoms with E-state index in [2.05, 4.69) is 10.3 Å². The lowest BCUT2D eigenvalue weighted by Crippen LogP contribution is -2.61. The number of piperazine rings is 1. The van der Waals surface area contributed by atoms with Gasteiger partial charge in [-0.25, -0.2) is 16.8 Å². The lowest BCUT2D eigenvalue weighted by atomic mass is 9.87. The molecule has 1 aliphatic rings. The predicted molar refractivity (Wildman–Crippen MR) is 143 cm³/mol. The van der Waals surface area contributed by atoms with Crippen LogP contribution in [-0.4, -0.2) is 80.3 Å². The van der Waals surface area contributed by atoms with Gasteiger partial charge in [-0.2, -0.15) is 8.61 Å². The van der Waals surface area contributed by atoms with Gasteiger partial charge in [0.1, 0.15) is 10.9 Å². The number of carbonyl (C=O) groups is 1. The van der Waals surface area contributed by atoms with Crippen LogP contribution in [0.4, 0.5) is 0 Å². The number of rotatable bonds is 7. The highest BCUT2D eigenvalue weighted by atomic mass is 32.2. The third-order valence-corrected chi connectivity index (χ3v) is 10.4. The molecule has 1 amide bonds. The first-order valence-electron chi connectivity index (χ1n) is 12.2. The number of aliphatic hydroxyl groups excluding tert-OH is 1. The summed E-state index contributed by atoms with van der Waals surface area (Å²) in [6, 6.07) is 13.4. The van der Waals surface area contributed by atoms with Gasteiger partial charge in [0.2, 0.25) is 26.0 Å². The number of carbonyl (C=O) groups excluding carboxylic acids is 1. The third kappa shape index (κ3) is 5.45. The molecule has 204 valence electrons. The molecule has 2 heterocycles. The highest BCUT2D eigenvalue weighted by Gasteiger charge is 2.44. The minimum atomic E-state index is -4.24. The van der Waals surface area contributed by atoms with Gasteiger partial charge in [-0.3, -0.25) is 9.78 Å². The van der Waals surface area contributed by atoms with Crippen molar-refractivity contribution in [3.05, 3.63) is 66.4 Å². The molecule has 1 aliphatic heterocycles. The second-order valence-corrected chi connectivity index (χ2v) is 13.9. The van der Waals surface area contributed by atoms with Crippen molar-refractivity contribution < 1.29 is 26.7 Å². The van der Waals surface area contributed by atoms with Crippen molar-refractivity contribution in [3.8, 4) is 0 Å². The van der Waals surface area contributed by atoms with Gasteiger partial charge in [0.15, 0.2) is 0 Å². The second-order valence-electron chi connectivity index (χ2n) is 10.1. The molecule has 4 rings (SSSR count). The zero-order chi connectivity index (χ0) is 27.7. The number of sulfonamides is 2. The molecule has 38 heavy (non-hydrogen) atoms. The number of para-hydroxylation sites is 1. The molecule has 0 aliphatic carbocycles. The Morgan fingerprint density at radius 1 is 1.00 bits per heavy atom. The Morgan fingerprint density at radius 3 is 2.34 bits per heavy atom. The van der Waals surface area contributed by atoms with Gasteiger partial charge in [-0.15, -0.1) is 0 Å². The molecule has 1 atom stereocenters. The molecule has 2 aromatic carbocycles. The molecular weight excluding hydrogens is 528 g/mol. The van der Waals surface area contributed by atoms with Crippen molar-refractivity contribution in [2.45, 2.75) is 42.0 Å². The lowest BCUT2D eigenvalue weighted by Gasteiger charge is -2.39.